The number of rotatable bonds is 12. The Hall–Kier alpha value is -2.72. The first-order valence-corrected chi connectivity index (χ1v) is 13.1. The van der Waals surface area contributed by atoms with Crippen LogP contribution in [0.15, 0.2) is 60.8 Å². The maximum absolute atomic E-state index is 12.1. The maximum Gasteiger partial charge on any atom is 1.00 e. The molecule has 220 valence electrons. The molecular weight excluding hydrogens is 559 g/mol. The van der Waals surface area contributed by atoms with E-state index in [1.54, 1.807) is 10.9 Å². The third kappa shape index (κ3) is 8.01. The summed E-state index contributed by atoms with van der Waals surface area (Å²) in [6.07, 6.45) is -5.37. The third-order valence-electron chi connectivity index (χ3n) is 6.86. The van der Waals surface area contributed by atoms with Gasteiger partial charge in [-0.05, 0) is 17.5 Å². The molecule has 14 heteroatoms. The Bertz CT molecular complexity index is 1310. The van der Waals surface area contributed by atoms with Crippen LogP contribution in [0.5, 0.6) is 0 Å². The molecule has 3 aromatic rings. The van der Waals surface area contributed by atoms with Crippen molar-refractivity contribution in [2.75, 3.05) is 13.2 Å². The molecule has 2 aromatic carbocycles. The van der Waals surface area contributed by atoms with E-state index in [-0.39, 0.29) is 42.6 Å². The van der Waals surface area contributed by atoms with Gasteiger partial charge in [0.1, 0.15) is 30.0 Å². The van der Waals surface area contributed by atoms with Gasteiger partial charge in [-0.15, -0.1) is 5.10 Å². The summed E-state index contributed by atoms with van der Waals surface area (Å²) < 4.78 is 12.7. The predicted octanol–water partition coefficient (Wildman–Crippen LogP) is -4.16. The Morgan fingerprint density at radius 2 is 1.79 bits per heavy atom. The maximum atomic E-state index is 12.1. The molecule has 1 aliphatic rings. The van der Waals surface area contributed by atoms with Crippen LogP contribution in [0.3, 0.4) is 0 Å². The Labute approximate surface area is 264 Å². The molecule has 0 spiro atoms. The van der Waals surface area contributed by atoms with E-state index in [2.05, 4.69) is 15.6 Å². The van der Waals surface area contributed by atoms with Gasteiger partial charge in [0.05, 0.1) is 31.6 Å². The number of carboxylic acids is 1. The van der Waals surface area contributed by atoms with Gasteiger partial charge in [0, 0.05) is 25.5 Å². The van der Waals surface area contributed by atoms with Crippen LogP contribution in [0.2, 0.25) is 0 Å². The molecular formula is C28H33N4NaO9. The van der Waals surface area contributed by atoms with E-state index in [9.17, 15) is 35.1 Å². The van der Waals surface area contributed by atoms with E-state index >= 15 is 0 Å². The zero-order chi connectivity index (χ0) is 29.6. The first kappa shape index (κ1) is 33.8. The monoisotopic (exact) mass is 592 g/mol. The Morgan fingerprint density at radius 3 is 2.40 bits per heavy atom. The van der Waals surface area contributed by atoms with Gasteiger partial charge in [0.25, 0.3) is 0 Å². The SMILES string of the molecule is CC(=O)N[C@H]1[C@H]([C@H](O)[C@H](O)CO)O[C@@](OCCCn2cc(-c3ccc(-c4ccccc4)cc3)nn2)(C(=O)[O-])C[C@@H]1O.[Na+]. The van der Waals surface area contributed by atoms with Gasteiger partial charge in [-0.2, -0.15) is 0 Å². The molecule has 1 fully saturated rings. The van der Waals surface area contributed by atoms with Crippen molar-refractivity contribution in [3.05, 3.63) is 60.8 Å². The molecule has 1 saturated heterocycles. The number of aliphatic hydroxyl groups is 4. The summed E-state index contributed by atoms with van der Waals surface area (Å²) in [5.74, 6) is -4.88. The predicted molar refractivity (Wildman–Crippen MR) is 141 cm³/mol. The van der Waals surface area contributed by atoms with Gasteiger partial charge in [-0.3, -0.25) is 9.48 Å². The van der Waals surface area contributed by atoms with E-state index in [0.717, 1.165) is 23.6 Å². The van der Waals surface area contributed by atoms with Crippen LogP contribution in [-0.2, 0) is 25.6 Å². The van der Waals surface area contributed by atoms with Crippen LogP contribution in [0.25, 0.3) is 22.4 Å². The van der Waals surface area contributed by atoms with Gasteiger partial charge in [0.15, 0.2) is 0 Å². The van der Waals surface area contributed by atoms with Crippen molar-refractivity contribution in [3.8, 4) is 22.4 Å². The largest absolute Gasteiger partial charge is 1.00 e. The summed E-state index contributed by atoms with van der Waals surface area (Å²) in [4.78, 5) is 23.7. The number of nitrogens with zero attached hydrogens (tertiary/aromatic N) is 3. The van der Waals surface area contributed by atoms with E-state index in [0.29, 0.717) is 12.2 Å². The number of nitrogens with one attached hydrogen (secondary N) is 1. The summed E-state index contributed by atoms with van der Waals surface area (Å²) >= 11 is 0. The number of aliphatic hydroxyl groups excluding tert-OH is 4. The number of aryl methyl sites for hydroxylation is 1. The van der Waals surface area contributed by atoms with Crippen molar-refractivity contribution >= 4 is 11.9 Å². The molecule has 1 aliphatic heterocycles. The molecule has 0 aliphatic carbocycles. The van der Waals surface area contributed by atoms with E-state index in [1.165, 1.54) is 0 Å². The summed E-state index contributed by atoms with van der Waals surface area (Å²) in [7, 11) is 0. The molecule has 5 N–H and O–H groups in total. The minimum absolute atomic E-state index is 0. The van der Waals surface area contributed by atoms with Crippen molar-refractivity contribution < 1.29 is 74.2 Å². The zero-order valence-electron chi connectivity index (χ0n) is 23.4. The topological polar surface area (TPSA) is 199 Å². The summed E-state index contributed by atoms with van der Waals surface area (Å²) in [5.41, 5.74) is 3.69. The first-order valence-electron chi connectivity index (χ1n) is 13.1. The van der Waals surface area contributed by atoms with E-state index in [4.69, 9.17) is 9.47 Å². The number of ether oxygens (including phenoxy) is 2. The molecule has 0 saturated carbocycles. The molecule has 13 nitrogen and oxygen atoms in total. The fourth-order valence-corrected chi connectivity index (χ4v) is 4.74. The molecule has 2 heterocycles. The van der Waals surface area contributed by atoms with E-state index in [1.807, 2.05) is 54.6 Å². The smallest absolute Gasteiger partial charge is 0.544 e. The number of amides is 1. The molecule has 1 aromatic heterocycles. The van der Waals surface area contributed by atoms with Gasteiger partial charge < -0.3 is 45.1 Å². The second-order valence-corrected chi connectivity index (χ2v) is 9.87. The van der Waals surface area contributed by atoms with Crippen LogP contribution in [0.1, 0.15) is 19.8 Å². The standard InChI is InChI=1S/C28H34N4O9.Na/c1-17(34)29-24-22(35)14-28(27(38)39,41-26(24)25(37)23(36)16-33)40-13-5-12-32-15-21(30-31-32)20-10-8-19(9-11-20)18-6-3-2-4-7-18;/h2-4,6-11,15,22-26,33,35-37H,5,12-14,16H2,1H3,(H,29,34)(H,38,39);/q;+1/p-1/t22-,23+,24+,25+,26+,28+;/m0./s1. The Morgan fingerprint density at radius 1 is 1.14 bits per heavy atom. The van der Waals surface area contributed by atoms with Gasteiger partial charge in [-0.1, -0.05) is 59.8 Å². The summed E-state index contributed by atoms with van der Waals surface area (Å²) in [6, 6.07) is 16.6. The van der Waals surface area contributed by atoms with Gasteiger partial charge in [0.2, 0.25) is 11.7 Å². The molecule has 42 heavy (non-hydrogen) atoms. The average molecular weight is 593 g/mol. The van der Waals surface area contributed by atoms with Crippen LogP contribution < -0.4 is 40.0 Å². The number of carbonyl (C=O) groups is 2. The van der Waals surface area contributed by atoms with Crippen molar-refractivity contribution in [1.82, 2.24) is 20.3 Å². The van der Waals surface area contributed by atoms with Crippen molar-refractivity contribution in [2.45, 2.75) is 62.6 Å². The second kappa shape index (κ2) is 15.1. The average Bonchev–Trinajstić information content (AvgIpc) is 3.45. The second-order valence-electron chi connectivity index (χ2n) is 9.87. The van der Waals surface area contributed by atoms with Crippen LogP contribution in [0, 0.1) is 0 Å². The Kier molecular flexibility index (Phi) is 12.2. The summed E-state index contributed by atoms with van der Waals surface area (Å²) in [6.45, 7) is 0.424. The van der Waals surface area contributed by atoms with Crippen molar-refractivity contribution in [3.63, 3.8) is 0 Å². The molecule has 0 bridgehead atoms. The quantitative estimate of drug-likeness (QED) is 0.101. The number of hydrogen-bond donors (Lipinski definition) is 5. The minimum atomic E-state index is -2.48. The molecule has 4 rings (SSSR count). The van der Waals surface area contributed by atoms with E-state index < -0.39 is 61.1 Å². The molecule has 1 amide bonds. The van der Waals surface area contributed by atoms with Crippen molar-refractivity contribution in [1.29, 1.82) is 0 Å². The van der Waals surface area contributed by atoms with Crippen LogP contribution >= 0.6 is 0 Å². The van der Waals surface area contributed by atoms with Gasteiger partial charge in [-0.25, -0.2) is 0 Å². The molecule has 6 atom stereocenters. The number of aromatic nitrogens is 3. The minimum Gasteiger partial charge on any atom is -0.544 e. The fraction of sp³-hybridized carbons (Fsp3) is 0.429. The number of carbonyl (C=O) groups excluding carboxylic acids is 2. The molecule has 0 unspecified atom stereocenters. The normalized spacial score (nSPS) is 23.4. The number of benzene rings is 2. The van der Waals surface area contributed by atoms with Crippen molar-refractivity contribution in [2.24, 2.45) is 0 Å². The van der Waals surface area contributed by atoms with Crippen LogP contribution in [-0.4, -0.2) is 96.8 Å². The summed E-state index contributed by atoms with van der Waals surface area (Å²) in [5, 5.41) is 63.1. The van der Waals surface area contributed by atoms with Gasteiger partial charge >= 0.3 is 29.6 Å². The molecule has 0 radical (unpaired) electrons. The Balaban J connectivity index is 0.00000484. The number of hydrogen-bond acceptors (Lipinski definition) is 11. The third-order valence-corrected chi connectivity index (χ3v) is 6.86. The van der Waals surface area contributed by atoms with Crippen LogP contribution in [0.4, 0.5) is 0 Å². The number of carboxylic acid groups (broad SMARTS) is 1. The first-order chi connectivity index (χ1) is 19.6. The zero-order valence-corrected chi connectivity index (χ0v) is 25.4. The fourth-order valence-electron chi connectivity index (χ4n) is 4.74. The number of aliphatic carboxylic acids is 1.